The molecule has 2 rings (SSSR count). The van der Waals surface area contributed by atoms with Gasteiger partial charge in [-0.1, -0.05) is 6.92 Å². The summed E-state index contributed by atoms with van der Waals surface area (Å²) >= 11 is 6.17. The second kappa shape index (κ2) is 3.57. The van der Waals surface area contributed by atoms with Crippen LogP contribution >= 0.6 is 11.6 Å². The van der Waals surface area contributed by atoms with Gasteiger partial charge in [-0.3, -0.25) is 0 Å². The Morgan fingerprint density at radius 2 is 1.42 bits per heavy atom. The Labute approximate surface area is 80.7 Å². The molecular weight excluding hydrogens is 168 g/mol. The van der Waals surface area contributed by atoms with E-state index in [1.165, 1.54) is 38.5 Å². The van der Waals surface area contributed by atoms with Crippen LogP contribution in [0.3, 0.4) is 0 Å². The maximum absolute atomic E-state index is 6.17. The van der Waals surface area contributed by atoms with Crippen molar-refractivity contribution in [3.8, 4) is 0 Å². The van der Waals surface area contributed by atoms with Crippen LogP contribution < -0.4 is 0 Å². The highest BCUT2D eigenvalue weighted by Gasteiger charge is 2.33. The Hall–Kier alpha value is 0.290. The number of fused-ring (bicyclic) bond motifs is 1. The van der Waals surface area contributed by atoms with Crippen molar-refractivity contribution in [2.75, 3.05) is 0 Å². The highest BCUT2D eigenvalue weighted by molar-refractivity contribution is 6.20. The molecule has 0 aliphatic heterocycles. The van der Waals surface area contributed by atoms with Crippen molar-refractivity contribution in [3.63, 3.8) is 0 Å². The highest BCUT2D eigenvalue weighted by Crippen LogP contribution is 2.44. The van der Waals surface area contributed by atoms with Gasteiger partial charge < -0.3 is 0 Å². The van der Waals surface area contributed by atoms with Crippen LogP contribution in [0.2, 0.25) is 0 Å². The molecule has 2 aliphatic carbocycles. The molecule has 0 amide bonds. The predicted molar refractivity (Wildman–Crippen MR) is 53.5 cm³/mol. The van der Waals surface area contributed by atoms with Gasteiger partial charge in [0.25, 0.3) is 0 Å². The van der Waals surface area contributed by atoms with E-state index in [1.54, 1.807) is 0 Å². The molecule has 2 atom stereocenters. The van der Waals surface area contributed by atoms with Crippen molar-refractivity contribution in [2.45, 2.75) is 50.8 Å². The van der Waals surface area contributed by atoms with Gasteiger partial charge in [0.15, 0.2) is 0 Å². The molecule has 0 spiro atoms. The predicted octanol–water partition coefficient (Wildman–Crippen LogP) is 3.83. The van der Waals surface area contributed by atoms with Crippen LogP contribution in [0.4, 0.5) is 0 Å². The number of halogens is 1. The lowest BCUT2D eigenvalue weighted by molar-refractivity contribution is 0.367. The first-order valence-corrected chi connectivity index (χ1v) is 5.83. The summed E-state index contributed by atoms with van der Waals surface area (Å²) in [6, 6.07) is 0. The third-order valence-electron chi connectivity index (χ3n) is 3.78. The fourth-order valence-corrected chi connectivity index (χ4v) is 3.41. The molecule has 0 radical (unpaired) electrons. The topological polar surface area (TPSA) is 0 Å². The van der Waals surface area contributed by atoms with Crippen LogP contribution in [-0.2, 0) is 0 Å². The second-order valence-corrected chi connectivity index (χ2v) is 5.47. The summed E-state index contributed by atoms with van der Waals surface area (Å²) in [4.78, 5) is 0. The van der Waals surface area contributed by atoms with Crippen molar-refractivity contribution in [1.29, 1.82) is 0 Å². The lowest BCUT2D eigenvalue weighted by Crippen LogP contribution is -2.04. The summed E-state index contributed by atoms with van der Waals surface area (Å²) in [7, 11) is 0. The Bertz CT molecular complexity index is 139. The number of hydrogen-bond acceptors (Lipinski definition) is 0. The minimum atomic E-state index is 0.492. The van der Waals surface area contributed by atoms with E-state index < -0.39 is 0 Å². The zero-order valence-electron chi connectivity index (χ0n) is 7.93. The maximum atomic E-state index is 6.17. The fourth-order valence-electron chi connectivity index (χ4n) is 3.16. The van der Waals surface area contributed by atoms with E-state index in [0.29, 0.717) is 5.38 Å². The van der Waals surface area contributed by atoms with Crippen LogP contribution in [0.25, 0.3) is 0 Å². The van der Waals surface area contributed by atoms with Gasteiger partial charge in [-0.2, -0.15) is 0 Å². The van der Waals surface area contributed by atoms with Gasteiger partial charge >= 0.3 is 0 Å². The minimum Gasteiger partial charge on any atom is -0.123 e. The lowest BCUT2D eigenvalue weighted by Gasteiger charge is -2.14. The molecule has 0 bridgehead atoms. The molecule has 2 fully saturated rings. The molecule has 0 aromatic rings. The van der Waals surface area contributed by atoms with E-state index in [2.05, 4.69) is 6.92 Å². The van der Waals surface area contributed by atoms with Crippen molar-refractivity contribution in [2.24, 2.45) is 17.8 Å². The molecule has 0 heterocycles. The third-order valence-corrected chi connectivity index (χ3v) is 4.21. The smallest absolute Gasteiger partial charge is 0.0336 e. The lowest BCUT2D eigenvalue weighted by atomic mass is 9.92. The average Bonchev–Trinajstić information content (AvgIpc) is 2.31. The molecule has 2 saturated carbocycles. The summed E-state index contributed by atoms with van der Waals surface area (Å²) in [5.41, 5.74) is 0. The first-order valence-electron chi connectivity index (χ1n) is 5.39. The van der Waals surface area contributed by atoms with Gasteiger partial charge in [0.1, 0.15) is 0 Å². The summed E-state index contributed by atoms with van der Waals surface area (Å²) in [6.45, 7) is 2.41. The van der Waals surface area contributed by atoms with Crippen molar-refractivity contribution >= 4 is 11.6 Å². The Balaban J connectivity index is 1.95. The van der Waals surface area contributed by atoms with Gasteiger partial charge in [-0.05, 0) is 56.3 Å². The first-order chi connectivity index (χ1) is 5.75. The van der Waals surface area contributed by atoms with Crippen molar-refractivity contribution in [1.82, 2.24) is 0 Å². The van der Waals surface area contributed by atoms with E-state index in [1.807, 2.05) is 0 Å². The molecular formula is C11H19Cl. The minimum absolute atomic E-state index is 0.492. The normalized spacial score (nSPS) is 48.5. The van der Waals surface area contributed by atoms with Gasteiger partial charge in [-0.25, -0.2) is 0 Å². The van der Waals surface area contributed by atoms with Crippen LogP contribution in [0.1, 0.15) is 45.4 Å². The van der Waals surface area contributed by atoms with Crippen molar-refractivity contribution in [3.05, 3.63) is 0 Å². The number of alkyl halides is 1. The molecule has 12 heavy (non-hydrogen) atoms. The van der Waals surface area contributed by atoms with E-state index in [4.69, 9.17) is 11.6 Å². The Morgan fingerprint density at radius 3 is 1.92 bits per heavy atom. The average molecular weight is 187 g/mol. The van der Waals surface area contributed by atoms with Gasteiger partial charge in [0.2, 0.25) is 0 Å². The molecule has 70 valence electrons. The molecule has 0 N–H and O–H groups in total. The Morgan fingerprint density at radius 1 is 0.917 bits per heavy atom. The SMILES string of the molecule is CC1CC2CCC(Cl)CCC2C1. The standard InChI is InChI=1S/C11H19Cl/c1-8-6-9-2-4-11(12)5-3-10(9)7-8/h8-11H,2-7H2,1H3. The van der Waals surface area contributed by atoms with E-state index in [0.717, 1.165) is 17.8 Å². The largest absolute Gasteiger partial charge is 0.123 e. The van der Waals surface area contributed by atoms with Crippen LogP contribution in [0, 0.1) is 17.8 Å². The van der Waals surface area contributed by atoms with E-state index in [9.17, 15) is 0 Å². The van der Waals surface area contributed by atoms with Gasteiger partial charge in [-0.15, -0.1) is 11.6 Å². The number of rotatable bonds is 0. The third kappa shape index (κ3) is 1.79. The highest BCUT2D eigenvalue weighted by atomic mass is 35.5. The first kappa shape index (κ1) is 8.87. The zero-order valence-corrected chi connectivity index (χ0v) is 8.69. The molecule has 2 unspecified atom stereocenters. The van der Waals surface area contributed by atoms with Crippen LogP contribution in [-0.4, -0.2) is 5.38 Å². The molecule has 0 aromatic heterocycles. The van der Waals surface area contributed by atoms with Crippen molar-refractivity contribution < 1.29 is 0 Å². The molecule has 0 aromatic carbocycles. The molecule has 0 nitrogen and oxygen atoms in total. The zero-order chi connectivity index (χ0) is 8.55. The quantitative estimate of drug-likeness (QED) is 0.505. The summed E-state index contributed by atoms with van der Waals surface area (Å²) in [5.74, 6) is 3.05. The fraction of sp³-hybridized carbons (Fsp3) is 1.00. The van der Waals surface area contributed by atoms with Gasteiger partial charge in [0, 0.05) is 5.38 Å². The maximum Gasteiger partial charge on any atom is 0.0336 e. The molecule has 0 saturated heterocycles. The molecule has 1 heteroatoms. The Kier molecular flexibility index (Phi) is 2.64. The monoisotopic (exact) mass is 186 g/mol. The van der Waals surface area contributed by atoms with Crippen LogP contribution in [0.5, 0.6) is 0 Å². The van der Waals surface area contributed by atoms with E-state index >= 15 is 0 Å². The summed E-state index contributed by atoms with van der Waals surface area (Å²) in [5, 5.41) is 0.492. The summed E-state index contributed by atoms with van der Waals surface area (Å²) < 4.78 is 0. The number of hydrogen-bond donors (Lipinski definition) is 0. The second-order valence-electron chi connectivity index (χ2n) is 4.85. The summed E-state index contributed by atoms with van der Waals surface area (Å²) in [6.07, 6.45) is 8.32. The van der Waals surface area contributed by atoms with Gasteiger partial charge in [0.05, 0.1) is 0 Å². The van der Waals surface area contributed by atoms with E-state index in [-0.39, 0.29) is 0 Å². The molecule has 2 aliphatic rings. The van der Waals surface area contributed by atoms with Crippen LogP contribution in [0.15, 0.2) is 0 Å².